The summed E-state index contributed by atoms with van der Waals surface area (Å²) >= 11 is 0. The summed E-state index contributed by atoms with van der Waals surface area (Å²) in [6.45, 7) is 4.75. The van der Waals surface area contributed by atoms with Crippen LogP contribution in [0, 0.1) is 0 Å². The number of morpholine rings is 1. The lowest BCUT2D eigenvalue weighted by atomic mass is 10.1. The maximum atomic E-state index is 10.6. The predicted octanol–water partition coefficient (Wildman–Crippen LogP) is 1.16. The van der Waals surface area contributed by atoms with Crippen LogP contribution in [-0.2, 0) is 9.53 Å². The molecular weight excluding hydrogens is 240 g/mol. The molecule has 102 valence electrons. The Balaban J connectivity index is 1.62. The first-order valence-corrected chi connectivity index (χ1v) is 6.96. The molecule has 2 heterocycles. The topological polar surface area (TPSA) is 32.8 Å². The Morgan fingerprint density at radius 3 is 2.84 bits per heavy atom. The number of nitrogens with zero attached hydrogens (tertiary/aromatic N) is 2. The Morgan fingerprint density at radius 2 is 2.05 bits per heavy atom. The summed E-state index contributed by atoms with van der Waals surface area (Å²) in [6, 6.07) is 11.0. The first-order chi connectivity index (χ1) is 9.36. The van der Waals surface area contributed by atoms with Gasteiger partial charge in [0.15, 0.2) is 0 Å². The highest BCUT2D eigenvalue weighted by molar-refractivity contribution is 5.50. The van der Waals surface area contributed by atoms with Gasteiger partial charge in [0.25, 0.3) is 0 Å². The van der Waals surface area contributed by atoms with Gasteiger partial charge in [-0.05, 0) is 12.1 Å². The van der Waals surface area contributed by atoms with Crippen LogP contribution in [0.4, 0.5) is 5.69 Å². The van der Waals surface area contributed by atoms with E-state index < -0.39 is 0 Å². The monoisotopic (exact) mass is 260 g/mol. The van der Waals surface area contributed by atoms with Gasteiger partial charge in [0.2, 0.25) is 0 Å². The Bertz CT molecular complexity index is 423. The molecule has 2 saturated heterocycles. The van der Waals surface area contributed by atoms with Crippen molar-refractivity contribution in [3.8, 4) is 0 Å². The van der Waals surface area contributed by atoms with E-state index in [-0.39, 0.29) is 6.10 Å². The molecule has 0 radical (unpaired) electrons. The first kappa shape index (κ1) is 12.6. The zero-order valence-corrected chi connectivity index (χ0v) is 11.1. The lowest BCUT2D eigenvalue weighted by molar-refractivity contribution is -0.115. The smallest absolute Gasteiger partial charge is 0.122 e. The van der Waals surface area contributed by atoms with Crippen molar-refractivity contribution in [3.63, 3.8) is 0 Å². The zero-order chi connectivity index (χ0) is 13.1. The second-order valence-corrected chi connectivity index (χ2v) is 5.29. The highest BCUT2D eigenvalue weighted by atomic mass is 16.5. The Kier molecular flexibility index (Phi) is 3.80. The van der Waals surface area contributed by atoms with E-state index in [0.717, 1.165) is 39.1 Å². The van der Waals surface area contributed by atoms with Gasteiger partial charge in [0, 0.05) is 38.3 Å². The molecule has 1 aromatic carbocycles. The lowest BCUT2D eigenvalue weighted by Crippen LogP contribution is -2.60. The summed E-state index contributed by atoms with van der Waals surface area (Å²) < 4.78 is 5.77. The van der Waals surface area contributed by atoms with Gasteiger partial charge in [0.05, 0.1) is 18.8 Å². The van der Waals surface area contributed by atoms with Crippen LogP contribution in [-0.4, -0.2) is 56.1 Å². The van der Waals surface area contributed by atoms with Gasteiger partial charge in [-0.2, -0.15) is 0 Å². The number of hydrogen-bond acceptors (Lipinski definition) is 4. The minimum atomic E-state index is 0.0945. The van der Waals surface area contributed by atoms with Crippen LogP contribution < -0.4 is 4.90 Å². The number of rotatable bonds is 3. The number of benzene rings is 1. The molecule has 4 heteroatoms. The first-order valence-electron chi connectivity index (χ1n) is 6.96. The molecule has 0 amide bonds. The van der Waals surface area contributed by atoms with Crippen molar-refractivity contribution in [1.29, 1.82) is 0 Å². The average molecular weight is 260 g/mol. The number of piperazine rings is 1. The normalized spacial score (nSPS) is 27.9. The molecular formula is C15H20N2O2. The van der Waals surface area contributed by atoms with E-state index in [0.29, 0.717) is 12.5 Å². The quantitative estimate of drug-likeness (QED) is 0.764. The van der Waals surface area contributed by atoms with Gasteiger partial charge >= 0.3 is 0 Å². The molecule has 2 aliphatic heterocycles. The number of aldehydes is 1. The fourth-order valence-electron chi connectivity index (χ4n) is 2.98. The maximum Gasteiger partial charge on any atom is 0.122 e. The lowest BCUT2D eigenvalue weighted by Gasteiger charge is -2.46. The SMILES string of the molecule is O=CCC1CN2CCN(c3ccccc3)C[C@@H]2CO1. The summed E-state index contributed by atoms with van der Waals surface area (Å²) in [4.78, 5) is 15.5. The van der Waals surface area contributed by atoms with Crippen LogP contribution in [0.3, 0.4) is 0 Å². The van der Waals surface area contributed by atoms with Gasteiger partial charge in [-0.25, -0.2) is 0 Å². The number of carbonyl (C=O) groups is 1. The average Bonchev–Trinajstić information content (AvgIpc) is 2.48. The number of ether oxygens (including phenoxy) is 1. The molecule has 1 aromatic rings. The molecule has 2 fully saturated rings. The van der Waals surface area contributed by atoms with E-state index in [1.54, 1.807) is 0 Å². The van der Waals surface area contributed by atoms with Crippen molar-refractivity contribution in [2.24, 2.45) is 0 Å². The van der Waals surface area contributed by atoms with Crippen LogP contribution in [0.5, 0.6) is 0 Å². The summed E-state index contributed by atoms with van der Waals surface area (Å²) in [7, 11) is 0. The number of para-hydroxylation sites is 1. The number of hydrogen-bond donors (Lipinski definition) is 0. The van der Waals surface area contributed by atoms with Crippen molar-refractivity contribution >= 4 is 12.0 Å². The third-order valence-electron chi connectivity index (χ3n) is 4.05. The standard InChI is InChI=1S/C15H20N2O2/c18-9-6-15-11-17-8-7-16(10-14(17)12-19-15)13-4-2-1-3-5-13/h1-5,9,14-15H,6-8,10-12H2/t14-,15?/m1/s1. The van der Waals surface area contributed by atoms with E-state index in [9.17, 15) is 4.79 Å². The highest BCUT2D eigenvalue weighted by Crippen LogP contribution is 2.22. The van der Waals surface area contributed by atoms with Crippen molar-refractivity contribution in [2.75, 3.05) is 37.7 Å². The third kappa shape index (κ3) is 2.80. The second kappa shape index (κ2) is 5.72. The van der Waals surface area contributed by atoms with E-state index >= 15 is 0 Å². The number of fused-ring (bicyclic) bond motifs is 1. The number of carbonyl (C=O) groups excluding carboxylic acids is 1. The minimum Gasteiger partial charge on any atom is -0.375 e. The van der Waals surface area contributed by atoms with Crippen LogP contribution in [0.25, 0.3) is 0 Å². The second-order valence-electron chi connectivity index (χ2n) is 5.29. The van der Waals surface area contributed by atoms with E-state index in [1.165, 1.54) is 5.69 Å². The maximum absolute atomic E-state index is 10.6. The van der Waals surface area contributed by atoms with Gasteiger partial charge in [-0.15, -0.1) is 0 Å². The predicted molar refractivity (Wildman–Crippen MR) is 74.4 cm³/mol. The molecule has 3 rings (SSSR count). The van der Waals surface area contributed by atoms with Gasteiger partial charge in [-0.3, -0.25) is 4.90 Å². The molecule has 0 spiro atoms. The van der Waals surface area contributed by atoms with Crippen molar-refractivity contribution in [2.45, 2.75) is 18.6 Å². The molecule has 19 heavy (non-hydrogen) atoms. The molecule has 1 unspecified atom stereocenters. The van der Waals surface area contributed by atoms with Gasteiger partial charge in [-0.1, -0.05) is 18.2 Å². The van der Waals surface area contributed by atoms with Crippen LogP contribution in [0.1, 0.15) is 6.42 Å². The molecule has 0 aromatic heterocycles. The van der Waals surface area contributed by atoms with Crippen molar-refractivity contribution in [3.05, 3.63) is 30.3 Å². The summed E-state index contributed by atoms with van der Waals surface area (Å²) in [5.41, 5.74) is 1.29. The highest BCUT2D eigenvalue weighted by Gasteiger charge is 2.33. The largest absolute Gasteiger partial charge is 0.375 e. The van der Waals surface area contributed by atoms with Gasteiger partial charge in [0.1, 0.15) is 6.29 Å². The molecule has 2 atom stereocenters. The molecule has 0 N–H and O–H groups in total. The van der Waals surface area contributed by atoms with Crippen molar-refractivity contribution < 1.29 is 9.53 Å². The molecule has 4 nitrogen and oxygen atoms in total. The summed E-state index contributed by atoms with van der Waals surface area (Å²) in [5, 5.41) is 0. The zero-order valence-electron chi connectivity index (χ0n) is 11.1. The minimum absolute atomic E-state index is 0.0945. The van der Waals surface area contributed by atoms with Gasteiger partial charge < -0.3 is 14.4 Å². The van der Waals surface area contributed by atoms with E-state index in [1.807, 2.05) is 6.07 Å². The fraction of sp³-hybridized carbons (Fsp3) is 0.533. The Morgan fingerprint density at radius 1 is 1.21 bits per heavy atom. The third-order valence-corrected chi connectivity index (χ3v) is 4.05. The van der Waals surface area contributed by atoms with Crippen LogP contribution in [0.2, 0.25) is 0 Å². The van der Waals surface area contributed by atoms with Crippen molar-refractivity contribution in [1.82, 2.24) is 4.90 Å². The Labute approximate surface area is 113 Å². The van der Waals surface area contributed by atoms with Crippen LogP contribution >= 0.6 is 0 Å². The molecule has 0 aliphatic carbocycles. The number of anilines is 1. The fourth-order valence-corrected chi connectivity index (χ4v) is 2.98. The molecule has 0 bridgehead atoms. The molecule has 2 aliphatic rings. The van der Waals surface area contributed by atoms with E-state index in [4.69, 9.17) is 4.74 Å². The summed E-state index contributed by atoms with van der Waals surface area (Å²) in [5.74, 6) is 0. The molecule has 0 saturated carbocycles. The summed E-state index contributed by atoms with van der Waals surface area (Å²) in [6.07, 6.45) is 1.58. The van der Waals surface area contributed by atoms with Crippen LogP contribution in [0.15, 0.2) is 30.3 Å². The van der Waals surface area contributed by atoms with E-state index in [2.05, 4.69) is 34.1 Å². The Hall–Kier alpha value is -1.39.